The van der Waals surface area contributed by atoms with E-state index in [1.54, 1.807) is 0 Å². The maximum atomic E-state index is 13.2. The first-order valence-electron chi connectivity index (χ1n) is 27.6. The minimum Gasteiger partial charge on any atom is -0.462 e. The van der Waals surface area contributed by atoms with Crippen molar-refractivity contribution in [2.45, 2.75) is 315 Å². The van der Waals surface area contributed by atoms with E-state index < -0.39 is 18.2 Å². The van der Waals surface area contributed by atoms with Crippen molar-refractivity contribution in [2.24, 2.45) is 0 Å². The van der Waals surface area contributed by atoms with E-state index in [-0.39, 0.29) is 24.9 Å². The van der Waals surface area contributed by atoms with E-state index in [4.69, 9.17) is 4.74 Å². The molecule has 0 aliphatic carbocycles. The summed E-state index contributed by atoms with van der Waals surface area (Å²) in [5, 5.41) is 23.8. The van der Waals surface area contributed by atoms with Crippen LogP contribution in [0.2, 0.25) is 0 Å². The van der Waals surface area contributed by atoms with E-state index in [1.807, 2.05) is 0 Å². The highest BCUT2D eigenvalue weighted by Crippen LogP contribution is 2.18. The fraction of sp³-hybridized carbons (Fsp3) is 0.893. The van der Waals surface area contributed by atoms with Gasteiger partial charge in [0.25, 0.3) is 0 Å². The SMILES string of the molecule is CCCC/C=C\CCCCCCCC(=O)OC(CCCCCCCCC/C=C/CCCCCCCC)CC(=O)NC(CO)C(O)CCCCCCCCCCCCCCCCC. The molecule has 6 heteroatoms. The van der Waals surface area contributed by atoms with E-state index in [0.29, 0.717) is 19.3 Å². The molecule has 0 aromatic heterocycles. The molecule has 0 aromatic rings. The molecule has 0 aromatic carbocycles. The number of unbranched alkanes of at least 4 members (excludes halogenated alkanes) is 34. The number of ether oxygens (including phenoxy) is 1. The summed E-state index contributed by atoms with van der Waals surface area (Å²) in [4.78, 5) is 26.2. The lowest BCUT2D eigenvalue weighted by molar-refractivity contribution is -0.151. The fourth-order valence-corrected chi connectivity index (χ4v) is 8.53. The zero-order valence-electron chi connectivity index (χ0n) is 41.8. The standard InChI is InChI=1S/C56H107NO5/c1-4-7-10-13-16-19-22-24-26-27-29-30-33-35-38-41-44-47-52(62-56(61)49-46-43-40-37-32-21-18-15-12-9-6-3)50-55(60)57-53(51-58)54(59)48-45-42-39-36-34-31-28-25-23-20-17-14-11-8-5-2/h15,18,24,26,52-54,58-59H,4-14,16-17,19-23,25,27-51H2,1-3H3,(H,57,60)/b18-15-,26-24+. The van der Waals surface area contributed by atoms with Gasteiger partial charge in [-0.15, -0.1) is 0 Å². The smallest absolute Gasteiger partial charge is 0.306 e. The maximum Gasteiger partial charge on any atom is 0.306 e. The predicted molar refractivity (Wildman–Crippen MR) is 269 cm³/mol. The van der Waals surface area contributed by atoms with E-state index in [9.17, 15) is 19.8 Å². The second-order valence-corrected chi connectivity index (χ2v) is 19.0. The van der Waals surface area contributed by atoms with Crippen LogP contribution in [0.25, 0.3) is 0 Å². The van der Waals surface area contributed by atoms with Crippen LogP contribution in [0.4, 0.5) is 0 Å². The zero-order chi connectivity index (χ0) is 45.2. The third kappa shape index (κ3) is 44.9. The molecule has 0 rings (SSSR count). The van der Waals surface area contributed by atoms with Gasteiger partial charge >= 0.3 is 5.97 Å². The molecule has 62 heavy (non-hydrogen) atoms. The second kappa shape index (κ2) is 50.3. The molecule has 366 valence electrons. The second-order valence-electron chi connectivity index (χ2n) is 19.0. The van der Waals surface area contributed by atoms with Gasteiger partial charge in [0.2, 0.25) is 5.91 Å². The number of carbonyl (C=O) groups excluding carboxylic acids is 2. The van der Waals surface area contributed by atoms with Gasteiger partial charge in [-0.25, -0.2) is 0 Å². The molecular formula is C56H107NO5. The molecule has 0 aliphatic rings. The summed E-state index contributed by atoms with van der Waals surface area (Å²) in [7, 11) is 0. The molecule has 1 amide bonds. The molecule has 3 unspecified atom stereocenters. The normalized spacial score (nSPS) is 13.3. The Bertz CT molecular complexity index is 981. The van der Waals surface area contributed by atoms with Gasteiger partial charge in [-0.3, -0.25) is 9.59 Å². The van der Waals surface area contributed by atoms with E-state index >= 15 is 0 Å². The predicted octanol–water partition coefficient (Wildman–Crippen LogP) is 16.7. The molecule has 0 spiro atoms. The number of hydrogen-bond acceptors (Lipinski definition) is 5. The molecule has 0 fully saturated rings. The van der Waals surface area contributed by atoms with Gasteiger partial charge in [-0.1, -0.05) is 238 Å². The third-order valence-corrected chi connectivity index (χ3v) is 12.8. The number of amides is 1. The van der Waals surface area contributed by atoms with Gasteiger partial charge in [0.05, 0.1) is 25.2 Å². The Balaban J connectivity index is 4.52. The van der Waals surface area contributed by atoms with Crippen molar-refractivity contribution in [1.29, 1.82) is 0 Å². The quantitative estimate of drug-likeness (QED) is 0.0321. The molecule has 0 radical (unpaired) electrons. The Labute approximate surface area is 386 Å². The molecule has 0 heterocycles. The topological polar surface area (TPSA) is 95.9 Å². The summed E-state index contributed by atoms with van der Waals surface area (Å²) < 4.78 is 5.94. The van der Waals surface area contributed by atoms with Crippen LogP contribution in [0.3, 0.4) is 0 Å². The molecule has 0 aliphatic heterocycles. The Hall–Kier alpha value is -1.66. The van der Waals surface area contributed by atoms with Crippen molar-refractivity contribution < 1.29 is 24.5 Å². The van der Waals surface area contributed by atoms with E-state index in [0.717, 1.165) is 57.8 Å². The number of hydrogen-bond donors (Lipinski definition) is 3. The highest BCUT2D eigenvalue weighted by atomic mass is 16.5. The number of aliphatic hydroxyl groups is 2. The number of carbonyl (C=O) groups is 2. The molecule has 0 bridgehead atoms. The number of nitrogens with one attached hydrogen (secondary N) is 1. The highest BCUT2D eigenvalue weighted by molar-refractivity contribution is 5.77. The van der Waals surface area contributed by atoms with Crippen LogP contribution in [-0.4, -0.2) is 46.9 Å². The first-order valence-corrected chi connectivity index (χ1v) is 27.6. The average Bonchev–Trinajstić information content (AvgIpc) is 3.26. The lowest BCUT2D eigenvalue weighted by Gasteiger charge is -2.24. The average molecular weight is 874 g/mol. The van der Waals surface area contributed by atoms with Crippen LogP contribution < -0.4 is 5.32 Å². The highest BCUT2D eigenvalue weighted by Gasteiger charge is 2.24. The Kier molecular flexibility index (Phi) is 49.0. The van der Waals surface area contributed by atoms with Crippen LogP contribution in [0, 0.1) is 0 Å². The first kappa shape index (κ1) is 60.3. The Morgan fingerprint density at radius 2 is 0.790 bits per heavy atom. The molecule has 6 nitrogen and oxygen atoms in total. The van der Waals surface area contributed by atoms with Gasteiger partial charge in [-0.2, -0.15) is 0 Å². The zero-order valence-corrected chi connectivity index (χ0v) is 41.8. The van der Waals surface area contributed by atoms with Crippen LogP contribution in [-0.2, 0) is 14.3 Å². The van der Waals surface area contributed by atoms with Crippen molar-refractivity contribution >= 4 is 11.9 Å². The molecule has 3 N–H and O–H groups in total. The van der Waals surface area contributed by atoms with Crippen molar-refractivity contribution in [3.05, 3.63) is 24.3 Å². The molecule has 0 saturated carbocycles. The largest absolute Gasteiger partial charge is 0.462 e. The van der Waals surface area contributed by atoms with Crippen LogP contribution in [0.5, 0.6) is 0 Å². The monoisotopic (exact) mass is 874 g/mol. The molecular weight excluding hydrogens is 767 g/mol. The fourth-order valence-electron chi connectivity index (χ4n) is 8.53. The number of esters is 1. The summed E-state index contributed by atoms with van der Waals surface area (Å²) in [6.07, 6.45) is 58.1. The van der Waals surface area contributed by atoms with Gasteiger partial charge in [0, 0.05) is 6.42 Å². The molecule has 0 saturated heterocycles. The third-order valence-electron chi connectivity index (χ3n) is 12.8. The number of aliphatic hydroxyl groups excluding tert-OH is 2. The number of rotatable bonds is 50. The van der Waals surface area contributed by atoms with Gasteiger partial charge in [-0.05, 0) is 70.6 Å². The van der Waals surface area contributed by atoms with Crippen molar-refractivity contribution in [3.8, 4) is 0 Å². The van der Waals surface area contributed by atoms with Crippen LogP contribution >= 0.6 is 0 Å². The summed E-state index contributed by atoms with van der Waals surface area (Å²) in [6.45, 7) is 6.47. The summed E-state index contributed by atoms with van der Waals surface area (Å²) in [5.41, 5.74) is 0. The lowest BCUT2D eigenvalue weighted by Crippen LogP contribution is -2.46. The van der Waals surface area contributed by atoms with E-state index in [1.165, 1.54) is 193 Å². The Morgan fingerprint density at radius 1 is 0.452 bits per heavy atom. The lowest BCUT2D eigenvalue weighted by atomic mass is 10.0. The summed E-state index contributed by atoms with van der Waals surface area (Å²) in [6, 6.07) is -0.701. The summed E-state index contributed by atoms with van der Waals surface area (Å²) in [5.74, 6) is -0.475. The van der Waals surface area contributed by atoms with Gasteiger partial charge in [0.15, 0.2) is 0 Å². The minimum atomic E-state index is -0.787. The Morgan fingerprint density at radius 3 is 1.19 bits per heavy atom. The molecule has 3 atom stereocenters. The summed E-state index contributed by atoms with van der Waals surface area (Å²) >= 11 is 0. The van der Waals surface area contributed by atoms with Gasteiger partial charge in [0.1, 0.15) is 6.10 Å². The van der Waals surface area contributed by atoms with Crippen molar-refractivity contribution in [3.63, 3.8) is 0 Å². The minimum absolute atomic E-state index is 0.0755. The van der Waals surface area contributed by atoms with Crippen LogP contribution in [0.15, 0.2) is 24.3 Å². The van der Waals surface area contributed by atoms with Crippen LogP contribution in [0.1, 0.15) is 297 Å². The van der Waals surface area contributed by atoms with Gasteiger partial charge < -0.3 is 20.3 Å². The first-order chi connectivity index (χ1) is 30.5. The van der Waals surface area contributed by atoms with Crippen molar-refractivity contribution in [2.75, 3.05) is 6.61 Å². The maximum absolute atomic E-state index is 13.2. The van der Waals surface area contributed by atoms with E-state index in [2.05, 4.69) is 50.4 Å². The van der Waals surface area contributed by atoms with Crippen molar-refractivity contribution in [1.82, 2.24) is 5.32 Å². The number of allylic oxidation sites excluding steroid dienone is 4.